The largest absolute Gasteiger partial charge is 0.483 e. The lowest BCUT2D eigenvalue weighted by Crippen LogP contribution is -2.54. The van der Waals surface area contributed by atoms with Crippen LogP contribution in [0.1, 0.15) is 79.2 Å². The Balaban J connectivity index is 0.564. The molecule has 7 rings (SSSR count). The maximum absolute atomic E-state index is 13.2. The topological polar surface area (TPSA) is 296 Å². The van der Waals surface area contributed by atoms with E-state index in [4.69, 9.17) is 73.4 Å². The molecular weight excluding hydrogens is 1160 g/mol. The SMILES string of the molecule is Cc1sc2c(c1C)C(c1ccc(Cl)cc1)=N[C@@H](CC(=O)NCCOCCOCCOCCOCCOCCOCCOCCOCCOCCOCCOCCNC(=O)COc1cccc3c1C(=O)N(C1CCC(=O)NC1=O)C3=O)c1nnc(C)n1-2. The Labute approximate surface area is 508 Å². The highest BCUT2D eigenvalue weighted by molar-refractivity contribution is 7.15. The van der Waals surface area contributed by atoms with Crippen molar-refractivity contribution < 1.29 is 85.6 Å². The van der Waals surface area contributed by atoms with Gasteiger partial charge in [-0.15, -0.1) is 21.5 Å². The van der Waals surface area contributed by atoms with Gasteiger partial charge in [0.25, 0.3) is 17.7 Å². The lowest BCUT2D eigenvalue weighted by molar-refractivity contribution is -0.136. The number of carbonyl (C=O) groups excluding carboxylic acids is 6. The molecule has 0 saturated carbocycles. The van der Waals surface area contributed by atoms with E-state index < -0.39 is 48.2 Å². The van der Waals surface area contributed by atoms with Crippen molar-refractivity contribution in [2.24, 2.45) is 4.99 Å². The van der Waals surface area contributed by atoms with E-state index in [2.05, 4.69) is 40.0 Å². The van der Waals surface area contributed by atoms with Gasteiger partial charge in [0.1, 0.15) is 28.7 Å². The summed E-state index contributed by atoms with van der Waals surface area (Å²) >= 11 is 7.89. The minimum atomic E-state index is -1.11. The molecule has 0 aliphatic carbocycles. The van der Waals surface area contributed by atoms with Gasteiger partial charge >= 0.3 is 0 Å². The first-order chi connectivity index (χ1) is 41.9. The first kappa shape index (κ1) is 67.3. The van der Waals surface area contributed by atoms with Gasteiger partial charge in [-0.2, -0.15) is 0 Å². The number of rotatable bonds is 43. The first-order valence-corrected chi connectivity index (χ1v) is 29.8. The van der Waals surface area contributed by atoms with E-state index in [9.17, 15) is 28.8 Å². The molecule has 3 aliphatic heterocycles. The maximum Gasteiger partial charge on any atom is 0.266 e. The molecule has 4 aromatic rings. The summed E-state index contributed by atoms with van der Waals surface area (Å²) in [6, 6.07) is 10.4. The molecule has 6 amide bonds. The number of carbonyl (C=O) groups is 6. The van der Waals surface area contributed by atoms with Crippen LogP contribution in [0.15, 0.2) is 47.5 Å². The number of hydrogen-bond acceptors (Lipinski definition) is 22. The molecule has 1 fully saturated rings. The van der Waals surface area contributed by atoms with Crippen LogP contribution in [0.4, 0.5) is 0 Å². The molecule has 1 saturated heterocycles. The van der Waals surface area contributed by atoms with Gasteiger partial charge in [-0.3, -0.25) is 48.5 Å². The van der Waals surface area contributed by atoms with Crippen LogP contribution in [0.3, 0.4) is 0 Å². The Kier molecular flexibility index (Phi) is 28.8. The fourth-order valence-electron chi connectivity index (χ4n) is 9.01. The Morgan fingerprint density at radius 1 is 0.616 bits per heavy atom. The molecule has 28 heteroatoms. The number of benzene rings is 2. The van der Waals surface area contributed by atoms with Crippen molar-refractivity contribution in [2.45, 2.75) is 52.1 Å². The molecule has 0 spiro atoms. The Morgan fingerprint density at radius 2 is 1.10 bits per heavy atom. The van der Waals surface area contributed by atoms with E-state index in [-0.39, 0.29) is 55.2 Å². The van der Waals surface area contributed by atoms with Gasteiger partial charge in [0.05, 0.1) is 169 Å². The molecule has 3 aliphatic rings. The summed E-state index contributed by atoms with van der Waals surface area (Å²) in [6.07, 6.45) is 0.127. The Bertz CT molecular complexity index is 2870. The Morgan fingerprint density at radius 3 is 1.60 bits per heavy atom. The van der Waals surface area contributed by atoms with E-state index in [1.807, 2.05) is 35.8 Å². The number of nitrogens with one attached hydrogen (secondary N) is 3. The third-order valence-electron chi connectivity index (χ3n) is 13.4. The normalized spacial score (nSPS) is 15.5. The molecule has 0 bridgehead atoms. The van der Waals surface area contributed by atoms with E-state index in [0.29, 0.717) is 156 Å². The monoisotopic (exact) mass is 1240 g/mol. The molecule has 2 aromatic heterocycles. The standard InChI is InChI=1S/C58H77ClN8O18S/c1-39-40(2)86-58-51(39)53(42-7-9-43(59)10-8-42)62-45(54-65-64-41(3)66(54)58)37-49(69)60-13-15-74-17-19-76-21-23-78-25-27-80-29-31-82-33-35-84-36-34-83-32-30-81-28-26-79-24-22-77-20-18-75-16-14-61-50(70)38-85-47-6-4-5-44-52(47)57(73)67(56(44)72)46-11-12-48(68)63-55(46)71/h4-10,45-46H,11-38H2,1-3H3,(H,60,69)(H,61,70)(H,63,68,71)/t45-,46?/m0/s1. The fraction of sp³-hybridized carbons (Fsp3) is 0.569. The van der Waals surface area contributed by atoms with Crippen LogP contribution in [-0.4, -0.2) is 232 Å². The zero-order chi connectivity index (χ0) is 60.9. The predicted molar refractivity (Wildman–Crippen MR) is 312 cm³/mol. The third-order valence-corrected chi connectivity index (χ3v) is 14.8. The van der Waals surface area contributed by atoms with E-state index in [1.165, 1.54) is 23.1 Å². The van der Waals surface area contributed by atoms with E-state index >= 15 is 0 Å². The highest BCUT2D eigenvalue weighted by atomic mass is 35.5. The molecule has 26 nitrogen and oxygen atoms in total. The second-order valence-corrected chi connectivity index (χ2v) is 21.1. The van der Waals surface area contributed by atoms with Crippen molar-refractivity contribution in [3.05, 3.63) is 91.8 Å². The molecule has 5 heterocycles. The quantitative estimate of drug-likeness (QED) is 0.0424. The van der Waals surface area contributed by atoms with E-state index in [1.54, 1.807) is 11.3 Å². The summed E-state index contributed by atoms with van der Waals surface area (Å²) in [6.45, 7) is 15.0. The van der Waals surface area contributed by atoms with Gasteiger partial charge in [0, 0.05) is 40.5 Å². The fourth-order valence-corrected chi connectivity index (χ4v) is 10.3. The number of imide groups is 2. The molecule has 1 unspecified atom stereocenters. The zero-order valence-corrected chi connectivity index (χ0v) is 50.4. The van der Waals surface area contributed by atoms with Crippen LogP contribution >= 0.6 is 22.9 Å². The number of thiophene rings is 1. The van der Waals surface area contributed by atoms with Crippen LogP contribution in [-0.2, 0) is 71.3 Å². The Hall–Kier alpha value is -6.18. The second kappa shape index (κ2) is 36.8. The second-order valence-electron chi connectivity index (χ2n) is 19.5. The number of hydrogen-bond donors (Lipinski definition) is 3. The van der Waals surface area contributed by atoms with Gasteiger partial charge < -0.3 is 67.5 Å². The average molecular weight is 1240 g/mol. The zero-order valence-electron chi connectivity index (χ0n) is 48.9. The summed E-state index contributed by atoms with van der Waals surface area (Å²) in [4.78, 5) is 82.8. The van der Waals surface area contributed by atoms with Crippen molar-refractivity contribution in [1.82, 2.24) is 35.6 Å². The molecule has 86 heavy (non-hydrogen) atoms. The summed E-state index contributed by atoms with van der Waals surface area (Å²) in [5, 5.41) is 18.2. The van der Waals surface area contributed by atoms with Crippen molar-refractivity contribution in [3.63, 3.8) is 0 Å². The molecule has 2 aromatic carbocycles. The summed E-state index contributed by atoms with van der Waals surface area (Å²) < 4.78 is 68.6. The van der Waals surface area contributed by atoms with Crippen molar-refractivity contribution in [3.8, 4) is 10.8 Å². The number of amides is 6. The van der Waals surface area contributed by atoms with Crippen LogP contribution in [0.25, 0.3) is 5.00 Å². The smallest absolute Gasteiger partial charge is 0.266 e. The van der Waals surface area contributed by atoms with E-state index in [0.717, 1.165) is 38.1 Å². The van der Waals surface area contributed by atoms with Crippen molar-refractivity contribution in [2.75, 3.05) is 165 Å². The lowest BCUT2D eigenvalue weighted by atomic mass is 9.99. The molecule has 3 N–H and O–H groups in total. The number of aryl methyl sites for hydroxylation is 2. The number of aromatic nitrogens is 3. The average Bonchev–Trinajstić information content (AvgIpc) is 2.26. The van der Waals surface area contributed by atoms with Gasteiger partial charge in [-0.25, -0.2) is 0 Å². The number of nitrogens with zero attached hydrogens (tertiary/aromatic N) is 5. The van der Waals surface area contributed by atoms with Gasteiger partial charge in [-0.05, 0) is 57.0 Å². The molecule has 0 radical (unpaired) electrons. The van der Waals surface area contributed by atoms with Crippen LogP contribution < -0.4 is 20.7 Å². The molecular formula is C58H77ClN8O18S. The number of piperidine rings is 1. The van der Waals surface area contributed by atoms with Crippen molar-refractivity contribution in [1.29, 1.82) is 0 Å². The van der Waals surface area contributed by atoms with Crippen LogP contribution in [0.5, 0.6) is 5.75 Å². The van der Waals surface area contributed by atoms with Gasteiger partial charge in [0.15, 0.2) is 12.4 Å². The van der Waals surface area contributed by atoms with Crippen LogP contribution in [0.2, 0.25) is 5.02 Å². The lowest BCUT2D eigenvalue weighted by Gasteiger charge is -2.27. The summed E-state index contributed by atoms with van der Waals surface area (Å²) in [5.74, 6) is -1.81. The number of fused-ring (bicyclic) bond motifs is 4. The minimum absolute atomic E-state index is 0.00330. The highest BCUT2D eigenvalue weighted by Crippen LogP contribution is 2.40. The highest BCUT2D eigenvalue weighted by Gasteiger charge is 2.46. The summed E-state index contributed by atoms with van der Waals surface area (Å²) in [7, 11) is 0. The van der Waals surface area contributed by atoms with Crippen LogP contribution in [0, 0.1) is 20.8 Å². The third kappa shape index (κ3) is 20.7. The minimum Gasteiger partial charge on any atom is -0.483 e. The van der Waals surface area contributed by atoms with Gasteiger partial charge in [-0.1, -0.05) is 29.8 Å². The predicted octanol–water partition coefficient (Wildman–Crippen LogP) is 3.08. The summed E-state index contributed by atoms with van der Waals surface area (Å²) in [5.41, 5.74) is 3.87. The maximum atomic E-state index is 13.2. The molecule has 470 valence electrons. The number of halogens is 1. The first-order valence-electron chi connectivity index (χ1n) is 28.6. The number of aliphatic imine (C=N–C) groups is 1. The van der Waals surface area contributed by atoms with Gasteiger partial charge in [0.2, 0.25) is 17.7 Å². The van der Waals surface area contributed by atoms with Crippen molar-refractivity contribution >= 4 is 64.1 Å². The number of ether oxygens (including phenoxy) is 12. The molecule has 2 atom stereocenters.